The third kappa shape index (κ3) is 2.39. The number of nitrogens with one attached hydrogen (secondary N) is 2. The van der Waals surface area contributed by atoms with Gasteiger partial charge in [0.1, 0.15) is 0 Å². The fourth-order valence-corrected chi connectivity index (χ4v) is 3.55. The van der Waals surface area contributed by atoms with Gasteiger partial charge in [0.25, 0.3) is 0 Å². The lowest BCUT2D eigenvalue weighted by Crippen LogP contribution is -2.33. The van der Waals surface area contributed by atoms with Crippen molar-refractivity contribution in [1.82, 2.24) is 10.0 Å². The Kier molecular flexibility index (Phi) is 3.80. The minimum absolute atomic E-state index is 0. The van der Waals surface area contributed by atoms with E-state index < -0.39 is 10.0 Å². The smallest absolute Gasteiger partial charge is 0.211 e. The van der Waals surface area contributed by atoms with Crippen molar-refractivity contribution in [1.29, 1.82) is 0 Å². The fourth-order valence-electron chi connectivity index (χ4n) is 2.13. The lowest BCUT2D eigenvalue weighted by molar-refractivity contribution is 0.564. The summed E-state index contributed by atoms with van der Waals surface area (Å²) in [4.78, 5) is 0. The Balaban J connectivity index is 0.000000980. The molecule has 0 spiro atoms. The van der Waals surface area contributed by atoms with Gasteiger partial charge in [0.05, 0.1) is 5.75 Å². The molecule has 4 nitrogen and oxygen atoms in total. The Morgan fingerprint density at radius 2 is 1.93 bits per heavy atom. The molecule has 84 valence electrons. The van der Waals surface area contributed by atoms with Gasteiger partial charge in [-0.2, -0.15) is 0 Å². The van der Waals surface area contributed by atoms with E-state index in [1.54, 1.807) is 0 Å². The van der Waals surface area contributed by atoms with Crippen LogP contribution >= 0.6 is 12.4 Å². The third-order valence-corrected chi connectivity index (χ3v) is 4.46. The summed E-state index contributed by atoms with van der Waals surface area (Å²) in [6.45, 7) is 3.84. The highest BCUT2D eigenvalue weighted by Gasteiger charge is 2.54. The third-order valence-electron chi connectivity index (χ3n) is 2.88. The van der Waals surface area contributed by atoms with Gasteiger partial charge in [-0.05, 0) is 31.3 Å². The molecule has 0 aromatic heterocycles. The van der Waals surface area contributed by atoms with Crippen LogP contribution in [-0.4, -0.2) is 33.3 Å². The normalized spacial score (nSPS) is 34.8. The first-order valence-electron chi connectivity index (χ1n) is 4.85. The van der Waals surface area contributed by atoms with Crippen LogP contribution in [-0.2, 0) is 10.0 Å². The molecule has 1 saturated heterocycles. The van der Waals surface area contributed by atoms with Gasteiger partial charge in [-0.3, -0.25) is 0 Å². The number of hydrogen-bond acceptors (Lipinski definition) is 3. The Morgan fingerprint density at radius 3 is 2.43 bits per heavy atom. The lowest BCUT2D eigenvalue weighted by Gasteiger charge is -2.07. The zero-order valence-electron chi connectivity index (χ0n) is 8.19. The molecule has 2 unspecified atom stereocenters. The van der Waals surface area contributed by atoms with Crippen molar-refractivity contribution in [3.05, 3.63) is 0 Å². The predicted molar refractivity (Wildman–Crippen MR) is 58.1 cm³/mol. The van der Waals surface area contributed by atoms with Crippen LogP contribution in [0, 0.1) is 11.8 Å². The molecule has 2 atom stereocenters. The van der Waals surface area contributed by atoms with Crippen molar-refractivity contribution < 1.29 is 8.42 Å². The van der Waals surface area contributed by atoms with Gasteiger partial charge in [-0.15, -0.1) is 12.4 Å². The van der Waals surface area contributed by atoms with E-state index >= 15 is 0 Å². The molecule has 6 heteroatoms. The summed E-state index contributed by atoms with van der Waals surface area (Å²) in [7, 11) is -2.99. The van der Waals surface area contributed by atoms with E-state index in [0.717, 1.165) is 13.1 Å². The summed E-state index contributed by atoms with van der Waals surface area (Å²) < 4.78 is 25.5. The van der Waals surface area contributed by atoms with Crippen LogP contribution < -0.4 is 10.0 Å². The maximum Gasteiger partial charge on any atom is 0.211 e. The van der Waals surface area contributed by atoms with E-state index in [1.807, 2.05) is 6.92 Å². The largest absolute Gasteiger partial charge is 0.316 e. The lowest BCUT2D eigenvalue weighted by atomic mass is 10.4. The number of fused-ring (bicyclic) bond motifs is 1. The Morgan fingerprint density at radius 1 is 1.36 bits per heavy atom. The van der Waals surface area contributed by atoms with Crippen molar-refractivity contribution in [3.63, 3.8) is 0 Å². The molecule has 2 rings (SSSR count). The van der Waals surface area contributed by atoms with Crippen LogP contribution in [0.3, 0.4) is 0 Å². The first kappa shape index (κ1) is 12.2. The number of hydrogen-bond donors (Lipinski definition) is 2. The van der Waals surface area contributed by atoms with Gasteiger partial charge in [0.2, 0.25) is 10.0 Å². The zero-order valence-corrected chi connectivity index (χ0v) is 9.83. The maximum atomic E-state index is 11.4. The summed E-state index contributed by atoms with van der Waals surface area (Å²) in [6, 6.07) is 0.234. The molecule has 0 aromatic rings. The van der Waals surface area contributed by atoms with Gasteiger partial charge in [0.15, 0.2) is 0 Å². The average Bonchev–Trinajstić information content (AvgIpc) is 2.51. The van der Waals surface area contributed by atoms with Crippen LogP contribution in [0.5, 0.6) is 0 Å². The molecule has 0 bridgehead atoms. The molecule has 0 amide bonds. The van der Waals surface area contributed by atoms with Crippen molar-refractivity contribution in [2.45, 2.75) is 19.4 Å². The van der Waals surface area contributed by atoms with Gasteiger partial charge < -0.3 is 5.32 Å². The van der Waals surface area contributed by atoms with Crippen LogP contribution in [0.1, 0.15) is 13.3 Å². The molecule has 0 aromatic carbocycles. The van der Waals surface area contributed by atoms with E-state index in [1.165, 1.54) is 0 Å². The molecular weight excluding hydrogens is 224 g/mol. The monoisotopic (exact) mass is 240 g/mol. The summed E-state index contributed by atoms with van der Waals surface area (Å²) in [5.41, 5.74) is 0. The second-order valence-corrected chi connectivity index (χ2v) is 5.82. The molecule has 1 aliphatic carbocycles. The predicted octanol–water partition coefficient (Wildman–Crippen LogP) is -0.0446. The minimum atomic E-state index is -2.99. The topological polar surface area (TPSA) is 58.2 Å². The number of rotatable bonds is 4. The quantitative estimate of drug-likeness (QED) is 0.725. The summed E-state index contributed by atoms with van der Waals surface area (Å²) in [5, 5.41) is 3.23. The fraction of sp³-hybridized carbons (Fsp3) is 1.00. The SMILES string of the molecule is CCCS(=O)(=O)NC1C2CNCC21.Cl. The number of halogens is 1. The maximum absolute atomic E-state index is 11.4. The minimum Gasteiger partial charge on any atom is -0.316 e. The standard InChI is InChI=1S/C8H16N2O2S.ClH/c1-2-3-13(11,12)10-8-6-4-9-5-7(6)8;/h6-10H,2-5H2,1H3;1H. The average molecular weight is 241 g/mol. The van der Waals surface area contributed by atoms with Gasteiger partial charge in [-0.1, -0.05) is 6.92 Å². The molecular formula is C8H17ClN2O2S. The highest BCUT2D eigenvalue weighted by molar-refractivity contribution is 7.89. The Bertz CT molecular complexity index is 284. The molecule has 14 heavy (non-hydrogen) atoms. The van der Waals surface area contributed by atoms with E-state index in [4.69, 9.17) is 0 Å². The Labute approximate surface area is 91.3 Å². The number of piperidine rings is 1. The van der Waals surface area contributed by atoms with Crippen molar-refractivity contribution in [3.8, 4) is 0 Å². The molecule has 0 radical (unpaired) electrons. The molecule has 1 aliphatic heterocycles. The first-order valence-corrected chi connectivity index (χ1v) is 6.50. The Hall–Kier alpha value is 0.160. The second kappa shape index (κ2) is 4.35. The van der Waals surface area contributed by atoms with Crippen LogP contribution in [0.4, 0.5) is 0 Å². The van der Waals surface area contributed by atoms with Gasteiger partial charge in [0, 0.05) is 6.04 Å². The van der Waals surface area contributed by atoms with E-state index in [2.05, 4.69) is 10.0 Å². The van der Waals surface area contributed by atoms with Crippen LogP contribution in [0.25, 0.3) is 0 Å². The van der Waals surface area contributed by atoms with Gasteiger partial charge in [-0.25, -0.2) is 13.1 Å². The van der Waals surface area contributed by atoms with E-state index in [9.17, 15) is 8.42 Å². The highest BCUT2D eigenvalue weighted by Crippen LogP contribution is 2.41. The summed E-state index contributed by atoms with van der Waals surface area (Å²) in [5.74, 6) is 1.38. The van der Waals surface area contributed by atoms with Crippen LogP contribution in [0.2, 0.25) is 0 Å². The van der Waals surface area contributed by atoms with E-state index in [-0.39, 0.29) is 24.2 Å². The number of sulfonamides is 1. The molecule has 1 heterocycles. The van der Waals surface area contributed by atoms with Crippen molar-refractivity contribution in [2.24, 2.45) is 11.8 Å². The molecule has 2 fully saturated rings. The zero-order chi connectivity index (χ0) is 9.47. The summed E-state index contributed by atoms with van der Waals surface area (Å²) >= 11 is 0. The molecule has 2 aliphatic rings. The van der Waals surface area contributed by atoms with Gasteiger partial charge >= 0.3 is 0 Å². The first-order chi connectivity index (χ1) is 6.14. The molecule has 2 N–H and O–H groups in total. The second-order valence-electron chi connectivity index (χ2n) is 3.95. The van der Waals surface area contributed by atoms with Crippen molar-refractivity contribution >= 4 is 22.4 Å². The van der Waals surface area contributed by atoms with Crippen molar-refractivity contribution in [2.75, 3.05) is 18.8 Å². The summed E-state index contributed by atoms with van der Waals surface area (Å²) in [6.07, 6.45) is 0.690. The molecule has 1 saturated carbocycles. The highest BCUT2D eigenvalue weighted by atomic mass is 35.5. The van der Waals surface area contributed by atoms with Crippen LogP contribution in [0.15, 0.2) is 0 Å². The van der Waals surface area contributed by atoms with E-state index in [0.29, 0.717) is 18.3 Å².